The van der Waals surface area contributed by atoms with Crippen molar-refractivity contribution in [1.29, 1.82) is 0 Å². The normalized spacial score (nSPS) is 12.0. The van der Waals surface area contributed by atoms with Crippen molar-refractivity contribution in [2.24, 2.45) is 0 Å². The van der Waals surface area contributed by atoms with Crippen molar-refractivity contribution in [2.75, 3.05) is 7.11 Å². The number of pyridine rings is 1. The highest BCUT2D eigenvalue weighted by atomic mass is 16.5. The Bertz CT molecular complexity index is 704. The maximum Gasteiger partial charge on any atom is 0.313 e. The lowest BCUT2D eigenvalue weighted by molar-refractivity contribution is -0.142. The predicted molar refractivity (Wildman–Crippen MR) is 86.0 cm³/mol. The summed E-state index contributed by atoms with van der Waals surface area (Å²) in [4.78, 5) is 24.7. The van der Waals surface area contributed by atoms with Crippen LogP contribution in [-0.2, 0) is 16.1 Å². The molecule has 4 heteroatoms. The number of carbonyl (C=O) groups excluding carboxylic acids is 1. The van der Waals surface area contributed by atoms with E-state index in [1.165, 1.54) is 7.11 Å². The van der Waals surface area contributed by atoms with Gasteiger partial charge in [0.05, 0.1) is 19.6 Å². The number of methoxy groups -OCH3 is 1. The molecule has 1 aromatic heterocycles. The van der Waals surface area contributed by atoms with Crippen molar-refractivity contribution in [3.8, 4) is 0 Å². The average molecular weight is 299 g/mol. The third-order valence-corrected chi connectivity index (χ3v) is 3.86. The van der Waals surface area contributed by atoms with E-state index in [0.717, 1.165) is 11.1 Å². The minimum absolute atomic E-state index is 0.124. The van der Waals surface area contributed by atoms with Gasteiger partial charge in [0.25, 0.3) is 5.56 Å². The van der Waals surface area contributed by atoms with Gasteiger partial charge in [0.15, 0.2) is 0 Å². The molecule has 22 heavy (non-hydrogen) atoms. The van der Waals surface area contributed by atoms with Crippen LogP contribution in [0.15, 0.2) is 47.4 Å². The average Bonchev–Trinajstić information content (AvgIpc) is 2.54. The van der Waals surface area contributed by atoms with Crippen LogP contribution < -0.4 is 5.56 Å². The van der Waals surface area contributed by atoms with E-state index in [-0.39, 0.29) is 11.5 Å². The largest absolute Gasteiger partial charge is 0.469 e. The van der Waals surface area contributed by atoms with Crippen LogP contribution in [-0.4, -0.2) is 17.6 Å². The molecule has 4 nitrogen and oxygen atoms in total. The Morgan fingerprint density at radius 2 is 1.91 bits per heavy atom. The van der Waals surface area contributed by atoms with Crippen LogP contribution in [0.2, 0.25) is 0 Å². The molecule has 1 heterocycles. The number of hydrogen-bond acceptors (Lipinski definition) is 3. The maximum absolute atomic E-state index is 12.8. The zero-order valence-electron chi connectivity index (χ0n) is 13.2. The van der Waals surface area contributed by atoms with E-state index in [1.54, 1.807) is 10.8 Å². The standard InChI is InChI=1S/C18H21NO3/c1-4-15(18(21)22-3)16-13(2)10-11-19(17(16)20)12-14-8-6-5-7-9-14/h5-11,15H,4,12H2,1-3H3. The lowest BCUT2D eigenvalue weighted by atomic mass is 9.94. The molecule has 0 saturated heterocycles. The van der Waals surface area contributed by atoms with Crippen LogP contribution in [0, 0.1) is 6.92 Å². The van der Waals surface area contributed by atoms with Gasteiger partial charge >= 0.3 is 5.97 Å². The lowest BCUT2D eigenvalue weighted by Gasteiger charge is -2.17. The van der Waals surface area contributed by atoms with Crippen LogP contribution >= 0.6 is 0 Å². The Hall–Kier alpha value is -2.36. The van der Waals surface area contributed by atoms with Gasteiger partial charge in [0.2, 0.25) is 0 Å². The van der Waals surface area contributed by atoms with Gasteiger partial charge in [-0.3, -0.25) is 9.59 Å². The Balaban J connectivity index is 2.45. The molecule has 116 valence electrons. The van der Waals surface area contributed by atoms with Crippen molar-refractivity contribution in [3.05, 3.63) is 69.6 Å². The highest BCUT2D eigenvalue weighted by Crippen LogP contribution is 2.21. The molecule has 1 aromatic carbocycles. The van der Waals surface area contributed by atoms with Crippen LogP contribution in [0.5, 0.6) is 0 Å². The molecule has 0 spiro atoms. The summed E-state index contributed by atoms with van der Waals surface area (Å²) in [6, 6.07) is 11.7. The summed E-state index contributed by atoms with van der Waals surface area (Å²) in [5.41, 5.74) is 2.28. The van der Waals surface area contributed by atoms with Gasteiger partial charge < -0.3 is 9.30 Å². The van der Waals surface area contributed by atoms with Gasteiger partial charge in [-0.25, -0.2) is 0 Å². The fraction of sp³-hybridized carbons (Fsp3) is 0.333. The van der Waals surface area contributed by atoms with Crippen LogP contribution in [0.3, 0.4) is 0 Å². The molecule has 2 aromatic rings. The van der Waals surface area contributed by atoms with E-state index in [0.29, 0.717) is 18.5 Å². The van der Waals surface area contributed by atoms with Crippen molar-refractivity contribution < 1.29 is 9.53 Å². The topological polar surface area (TPSA) is 48.3 Å². The number of hydrogen-bond donors (Lipinski definition) is 0. The summed E-state index contributed by atoms with van der Waals surface area (Å²) >= 11 is 0. The number of esters is 1. The zero-order chi connectivity index (χ0) is 16.1. The Labute approximate surface area is 130 Å². The molecule has 0 fully saturated rings. The molecule has 0 amide bonds. The van der Waals surface area contributed by atoms with E-state index >= 15 is 0 Å². The Kier molecular flexibility index (Phi) is 5.15. The lowest BCUT2D eigenvalue weighted by Crippen LogP contribution is -2.29. The number of aryl methyl sites for hydroxylation is 1. The van der Waals surface area contributed by atoms with Gasteiger partial charge in [-0.05, 0) is 30.5 Å². The molecular formula is C18H21NO3. The summed E-state index contributed by atoms with van der Waals surface area (Å²) in [6.45, 7) is 4.23. The van der Waals surface area contributed by atoms with E-state index in [2.05, 4.69) is 0 Å². The van der Waals surface area contributed by atoms with Crippen LogP contribution in [0.4, 0.5) is 0 Å². The van der Waals surface area contributed by atoms with Gasteiger partial charge in [-0.2, -0.15) is 0 Å². The number of rotatable bonds is 5. The smallest absolute Gasteiger partial charge is 0.313 e. The molecule has 0 saturated carbocycles. The first-order chi connectivity index (χ1) is 10.6. The first kappa shape index (κ1) is 16.0. The van der Waals surface area contributed by atoms with Gasteiger partial charge in [-0.1, -0.05) is 37.3 Å². The second kappa shape index (κ2) is 7.07. The minimum Gasteiger partial charge on any atom is -0.469 e. The van der Waals surface area contributed by atoms with Crippen LogP contribution in [0.1, 0.15) is 36.0 Å². The van der Waals surface area contributed by atoms with Gasteiger partial charge in [0, 0.05) is 11.8 Å². The summed E-state index contributed by atoms with van der Waals surface area (Å²) in [5, 5.41) is 0. The number of ether oxygens (including phenoxy) is 1. The number of benzene rings is 1. The molecule has 2 rings (SSSR count). The minimum atomic E-state index is -0.513. The predicted octanol–water partition coefficient (Wildman–Crippen LogP) is 2.87. The molecule has 0 aliphatic rings. The number of nitrogens with zero attached hydrogens (tertiary/aromatic N) is 1. The van der Waals surface area contributed by atoms with E-state index in [1.807, 2.05) is 50.2 Å². The molecule has 0 bridgehead atoms. The molecule has 0 aliphatic heterocycles. The Morgan fingerprint density at radius 1 is 1.23 bits per heavy atom. The molecule has 0 aliphatic carbocycles. The summed E-state index contributed by atoms with van der Waals surface area (Å²) in [6.07, 6.45) is 2.32. The van der Waals surface area contributed by atoms with Crippen molar-refractivity contribution >= 4 is 5.97 Å². The highest BCUT2D eigenvalue weighted by Gasteiger charge is 2.25. The third kappa shape index (κ3) is 3.27. The van der Waals surface area contributed by atoms with E-state index in [9.17, 15) is 9.59 Å². The third-order valence-electron chi connectivity index (χ3n) is 3.86. The summed E-state index contributed by atoms with van der Waals surface area (Å²) in [5.74, 6) is -0.874. The quantitative estimate of drug-likeness (QED) is 0.798. The molecular weight excluding hydrogens is 278 g/mol. The number of aromatic nitrogens is 1. The van der Waals surface area contributed by atoms with E-state index < -0.39 is 5.92 Å². The van der Waals surface area contributed by atoms with Crippen molar-refractivity contribution in [3.63, 3.8) is 0 Å². The first-order valence-corrected chi connectivity index (χ1v) is 7.40. The van der Waals surface area contributed by atoms with Gasteiger partial charge in [0.1, 0.15) is 0 Å². The summed E-state index contributed by atoms with van der Waals surface area (Å²) in [7, 11) is 1.35. The molecule has 1 unspecified atom stereocenters. The zero-order valence-corrected chi connectivity index (χ0v) is 13.2. The molecule has 0 N–H and O–H groups in total. The molecule has 0 radical (unpaired) electrons. The fourth-order valence-electron chi connectivity index (χ4n) is 2.64. The first-order valence-electron chi connectivity index (χ1n) is 7.40. The number of carbonyl (C=O) groups is 1. The summed E-state index contributed by atoms with van der Waals surface area (Å²) < 4.78 is 6.48. The molecule has 1 atom stereocenters. The van der Waals surface area contributed by atoms with E-state index in [4.69, 9.17) is 4.74 Å². The second-order valence-corrected chi connectivity index (χ2v) is 5.32. The van der Waals surface area contributed by atoms with Crippen molar-refractivity contribution in [2.45, 2.75) is 32.7 Å². The maximum atomic E-state index is 12.8. The van der Waals surface area contributed by atoms with Crippen molar-refractivity contribution in [1.82, 2.24) is 4.57 Å². The Morgan fingerprint density at radius 3 is 2.50 bits per heavy atom. The van der Waals surface area contributed by atoms with Crippen LogP contribution in [0.25, 0.3) is 0 Å². The SMILES string of the molecule is CCC(C(=O)OC)c1c(C)ccn(Cc2ccccc2)c1=O. The second-order valence-electron chi connectivity index (χ2n) is 5.32. The monoisotopic (exact) mass is 299 g/mol. The highest BCUT2D eigenvalue weighted by molar-refractivity contribution is 5.78. The fourth-order valence-corrected chi connectivity index (χ4v) is 2.64. The van der Waals surface area contributed by atoms with Gasteiger partial charge in [-0.15, -0.1) is 0 Å².